The van der Waals surface area contributed by atoms with Crippen molar-refractivity contribution in [2.75, 3.05) is 14.2 Å². The Morgan fingerprint density at radius 2 is 1.67 bits per heavy atom. The molecule has 1 heterocycles. The highest BCUT2D eigenvalue weighted by Crippen LogP contribution is 2.42. The number of aromatic hydroxyl groups is 1. The lowest BCUT2D eigenvalue weighted by Gasteiger charge is -2.10. The van der Waals surface area contributed by atoms with Gasteiger partial charge >= 0.3 is 0 Å². The van der Waals surface area contributed by atoms with Crippen molar-refractivity contribution < 1.29 is 19.0 Å². The zero-order valence-electron chi connectivity index (χ0n) is 12.1. The highest BCUT2D eigenvalue weighted by Gasteiger charge is 2.15. The van der Waals surface area contributed by atoms with Gasteiger partial charge in [-0.15, -0.1) is 0 Å². The lowest BCUT2D eigenvalue weighted by Crippen LogP contribution is -1.90. The molecule has 0 aliphatic rings. The number of fused-ring (bicyclic) bond motifs is 1. The zero-order valence-corrected chi connectivity index (χ0v) is 12.1. The van der Waals surface area contributed by atoms with Gasteiger partial charge < -0.3 is 19.0 Å². The number of phenolic OH excluding ortho intramolecular Hbond substituents is 1. The maximum absolute atomic E-state index is 9.99. The Bertz CT molecular complexity index is 777. The van der Waals surface area contributed by atoms with Crippen LogP contribution in [0, 0.1) is 6.92 Å². The summed E-state index contributed by atoms with van der Waals surface area (Å²) >= 11 is 0. The minimum absolute atomic E-state index is 0.00673. The summed E-state index contributed by atoms with van der Waals surface area (Å²) in [5, 5.41) is 11.0. The van der Waals surface area contributed by atoms with Crippen LogP contribution in [0.15, 0.2) is 41.0 Å². The van der Waals surface area contributed by atoms with Crippen LogP contribution in [0.1, 0.15) is 5.56 Å². The largest absolute Gasteiger partial charge is 0.502 e. The topological polar surface area (TPSA) is 51.8 Å². The summed E-state index contributed by atoms with van der Waals surface area (Å²) in [6, 6.07) is 9.56. The lowest BCUT2D eigenvalue weighted by molar-refractivity contribution is 0.340. The third-order valence-corrected chi connectivity index (χ3v) is 3.52. The molecule has 0 fully saturated rings. The first-order valence-corrected chi connectivity index (χ1v) is 6.57. The Labute approximate surface area is 122 Å². The van der Waals surface area contributed by atoms with Gasteiger partial charge in [0.1, 0.15) is 5.58 Å². The first kappa shape index (κ1) is 13.4. The van der Waals surface area contributed by atoms with Crippen molar-refractivity contribution in [3.8, 4) is 28.4 Å². The predicted molar refractivity (Wildman–Crippen MR) is 81.2 cm³/mol. The van der Waals surface area contributed by atoms with Crippen molar-refractivity contribution in [3.05, 3.63) is 42.2 Å². The Balaban J connectivity index is 2.25. The molecule has 21 heavy (non-hydrogen) atoms. The second-order valence-corrected chi connectivity index (χ2v) is 4.88. The van der Waals surface area contributed by atoms with E-state index in [2.05, 4.69) is 6.07 Å². The number of ether oxygens (including phenoxy) is 2. The van der Waals surface area contributed by atoms with Crippen LogP contribution in [0.2, 0.25) is 0 Å². The second kappa shape index (κ2) is 5.05. The number of hydrogen-bond donors (Lipinski definition) is 1. The predicted octanol–water partition coefficient (Wildman–Crippen LogP) is 4.13. The zero-order chi connectivity index (χ0) is 15.0. The van der Waals surface area contributed by atoms with E-state index in [4.69, 9.17) is 13.9 Å². The van der Waals surface area contributed by atoms with Crippen LogP contribution in [0.5, 0.6) is 17.2 Å². The van der Waals surface area contributed by atoms with Gasteiger partial charge in [-0.2, -0.15) is 0 Å². The fraction of sp³-hybridized carbons (Fsp3) is 0.176. The number of rotatable bonds is 3. The molecule has 0 bridgehead atoms. The number of phenols is 1. The quantitative estimate of drug-likeness (QED) is 0.785. The molecule has 4 nitrogen and oxygen atoms in total. The highest BCUT2D eigenvalue weighted by molar-refractivity contribution is 5.95. The molecule has 0 spiro atoms. The molecule has 1 aromatic heterocycles. The molecule has 0 radical (unpaired) electrons. The summed E-state index contributed by atoms with van der Waals surface area (Å²) in [4.78, 5) is 0. The third-order valence-electron chi connectivity index (χ3n) is 3.52. The van der Waals surface area contributed by atoms with Crippen LogP contribution in [0.4, 0.5) is 0 Å². The van der Waals surface area contributed by atoms with Crippen LogP contribution < -0.4 is 9.47 Å². The maximum Gasteiger partial charge on any atom is 0.200 e. The monoisotopic (exact) mass is 284 g/mol. The molecule has 0 saturated carbocycles. The third kappa shape index (κ3) is 2.18. The molecular weight excluding hydrogens is 268 g/mol. The molecule has 108 valence electrons. The Morgan fingerprint density at radius 1 is 1.00 bits per heavy atom. The van der Waals surface area contributed by atoms with Crippen molar-refractivity contribution >= 4 is 11.0 Å². The average Bonchev–Trinajstić information content (AvgIpc) is 2.90. The Kier molecular flexibility index (Phi) is 3.22. The summed E-state index contributed by atoms with van der Waals surface area (Å²) in [6.07, 6.45) is 1.70. The van der Waals surface area contributed by atoms with Gasteiger partial charge in [0.2, 0.25) is 5.75 Å². The van der Waals surface area contributed by atoms with E-state index in [9.17, 15) is 5.11 Å². The van der Waals surface area contributed by atoms with E-state index in [1.807, 2.05) is 19.1 Å². The number of benzene rings is 2. The molecule has 0 unspecified atom stereocenters. The number of aryl methyl sites for hydroxylation is 1. The Hall–Kier alpha value is -2.62. The van der Waals surface area contributed by atoms with Crippen LogP contribution >= 0.6 is 0 Å². The number of hydrogen-bond acceptors (Lipinski definition) is 4. The molecule has 1 N–H and O–H groups in total. The lowest BCUT2D eigenvalue weighted by atomic mass is 10.0. The van der Waals surface area contributed by atoms with Gasteiger partial charge in [-0.3, -0.25) is 0 Å². The summed E-state index contributed by atoms with van der Waals surface area (Å²) in [5.74, 6) is 0.727. The molecule has 0 aliphatic heterocycles. The van der Waals surface area contributed by atoms with Gasteiger partial charge in [0.15, 0.2) is 11.5 Å². The summed E-state index contributed by atoms with van der Waals surface area (Å²) in [6.45, 7) is 2.04. The van der Waals surface area contributed by atoms with Gasteiger partial charge in [0.25, 0.3) is 0 Å². The van der Waals surface area contributed by atoms with Gasteiger partial charge in [0, 0.05) is 10.9 Å². The number of methoxy groups -OCH3 is 2. The molecule has 2 aromatic carbocycles. The summed E-state index contributed by atoms with van der Waals surface area (Å²) < 4.78 is 16.0. The van der Waals surface area contributed by atoms with Gasteiger partial charge in [-0.05, 0) is 36.8 Å². The first-order chi connectivity index (χ1) is 10.1. The molecule has 0 atom stereocenters. The summed E-state index contributed by atoms with van der Waals surface area (Å²) in [5.41, 5.74) is 3.78. The van der Waals surface area contributed by atoms with E-state index in [-0.39, 0.29) is 5.75 Å². The van der Waals surface area contributed by atoms with E-state index >= 15 is 0 Å². The fourth-order valence-corrected chi connectivity index (χ4v) is 2.42. The van der Waals surface area contributed by atoms with Crippen LogP contribution in [-0.4, -0.2) is 19.3 Å². The molecule has 0 aliphatic carbocycles. The van der Waals surface area contributed by atoms with Crippen molar-refractivity contribution in [1.29, 1.82) is 0 Å². The normalized spacial score (nSPS) is 10.8. The molecule has 0 saturated heterocycles. The van der Waals surface area contributed by atoms with E-state index < -0.39 is 0 Å². The van der Waals surface area contributed by atoms with Gasteiger partial charge in [0.05, 0.1) is 20.5 Å². The standard InChI is InChI=1S/C17H16O4/c1-10-4-5-14-12(6-10)13(9-21-14)11-7-15(19-2)17(18)16(8-11)20-3/h4-9,18H,1-3H3. The van der Waals surface area contributed by atoms with Gasteiger partial charge in [-0.1, -0.05) is 11.6 Å². The van der Waals surface area contributed by atoms with Crippen molar-refractivity contribution in [3.63, 3.8) is 0 Å². The van der Waals surface area contributed by atoms with E-state index in [1.165, 1.54) is 14.2 Å². The van der Waals surface area contributed by atoms with Crippen molar-refractivity contribution in [1.82, 2.24) is 0 Å². The SMILES string of the molecule is COc1cc(-c2coc3ccc(C)cc23)cc(OC)c1O. The summed E-state index contributed by atoms with van der Waals surface area (Å²) in [7, 11) is 3.02. The number of furan rings is 1. The average molecular weight is 284 g/mol. The minimum Gasteiger partial charge on any atom is -0.502 e. The molecular formula is C17H16O4. The van der Waals surface area contributed by atoms with E-state index in [0.29, 0.717) is 11.5 Å². The fourth-order valence-electron chi connectivity index (χ4n) is 2.42. The van der Waals surface area contributed by atoms with E-state index in [1.54, 1.807) is 18.4 Å². The van der Waals surface area contributed by atoms with Crippen LogP contribution in [0.3, 0.4) is 0 Å². The first-order valence-electron chi connectivity index (χ1n) is 6.57. The van der Waals surface area contributed by atoms with Crippen molar-refractivity contribution in [2.24, 2.45) is 0 Å². The molecule has 0 amide bonds. The van der Waals surface area contributed by atoms with E-state index in [0.717, 1.165) is 27.7 Å². The van der Waals surface area contributed by atoms with Crippen LogP contribution in [-0.2, 0) is 0 Å². The van der Waals surface area contributed by atoms with Gasteiger partial charge in [-0.25, -0.2) is 0 Å². The van der Waals surface area contributed by atoms with Crippen molar-refractivity contribution in [2.45, 2.75) is 6.92 Å². The Morgan fingerprint density at radius 3 is 2.29 bits per heavy atom. The smallest absolute Gasteiger partial charge is 0.200 e. The highest BCUT2D eigenvalue weighted by atomic mass is 16.5. The van der Waals surface area contributed by atoms with Crippen LogP contribution in [0.25, 0.3) is 22.1 Å². The molecule has 3 rings (SSSR count). The maximum atomic E-state index is 9.99. The second-order valence-electron chi connectivity index (χ2n) is 4.88. The molecule has 3 aromatic rings. The minimum atomic E-state index is -0.00673. The molecule has 4 heteroatoms.